The Morgan fingerprint density at radius 2 is 1.82 bits per heavy atom. The molecule has 11 atom stereocenters. The van der Waals surface area contributed by atoms with E-state index in [1.54, 1.807) is 0 Å². The van der Waals surface area contributed by atoms with Gasteiger partial charge in [-0.05, 0) is 86.9 Å². The van der Waals surface area contributed by atoms with Gasteiger partial charge in [0.1, 0.15) is 24.4 Å². The van der Waals surface area contributed by atoms with Gasteiger partial charge in [-0.3, -0.25) is 4.79 Å². The topological polar surface area (TPSA) is 116 Å². The summed E-state index contributed by atoms with van der Waals surface area (Å²) in [5, 5.41) is 40.0. The number of fused-ring (bicyclic) bond motifs is 3. The van der Waals surface area contributed by atoms with Crippen molar-refractivity contribution in [2.75, 3.05) is 6.61 Å². The zero-order chi connectivity index (χ0) is 23.8. The van der Waals surface area contributed by atoms with E-state index in [9.17, 15) is 25.2 Å². The van der Waals surface area contributed by atoms with Crippen molar-refractivity contribution in [2.24, 2.45) is 34.0 Å². The summed E-state index contributed by atoms with van der Waals surface area (Å²) in [7, 11) is 0. The molecule has 4 saturated carbocycles. The molecule has 1 spiro atoms. The molecule has 0 radical (unpaired) electrons. The zero-order valence-electron chi connectivity index (χ0n) is 19.9. The third-order valence-corrected chi connectivity index (χ3v) is 10.6. The van der Waals surface area contributed by atoms with E-state index in [1.807, 2.05) is 6.92 Å². The van der Waals surface area contributed by atoms with E-state index in [0.717, 1.165) is 38.5 Å². The third-order valence-electron chi connectivity index (χ3n) is 10.6. The van der Waals surface area contributed by atoms with E-state index in [-0.39, 0.29) is 11.3 Å². The Balaban J connectivity index is 1.38. The molecule has 7 nitrogen and oxygen atoms in total. The Labute approximate surface area is 196 Å². The summed E-state index contributed by atoms with van der Waals surface area (Å²) in [6, 6.07) is 0. The number of aliphatic hydroxyl groups is 4. The number of carbonyl (C=O) groups is 1. The van der Waals surface area contributed by atoms with Crippen LogP contribution in [0.15, 0.2) is 12.2 Å². The minimum absolute atomic E-state index is 0.0508. The molecular formula is C26H40O7. The lowest BCUT2D eigenvalue weighted by molar-refractivity contribution is -0.298. The van der Waals surface area contributed by atoms with Crippen molar-refractivity contribution in [1.82, 2.24) is 0 Å². The second kappa shape index (κ2) is 8.02. The standard InChI is InChI=1S/C26H40O7/c1-14-11-26-10-7-17-24(2,18(26)6-5-15(14)12-26)8-4-9-25(17,3)23(31)33-22-21(30)20(29)19(28)16(13-27)32-22/h15-22,27-30H,1,4-13H2,2-3H3/t15-,16-,17-,18-,19-,20+,21-,22+,24+,25?,26+/m1/s1. The van der Waals surface area contributed by atoms with Gasteiger partial charge >= 0.3 is 5.97 Å². The van der Waals surface area contributed by atoms with Crippen molar-refractivity contribution in [3.05, 3.63) is 12.2 Å². The highest BCUT2D eigenvalue weighted by molar-refractivity contribution is 5.77. The molecule has 1 aliphatic heterocycles. The number of rotatable bonds is 3. The number of hydrogen-bond donors (Lipinski definition) is 4. The van der Waals surface area contributed by atoms with Crippen molar-refractivity contribution in [3.8, 4) is 0 Å². The Hall–Kier alpha value is -0.990. The molecule has 1 heterocycles. The van der Waals surface area contributed by atoms with Crippen LogP contribution < -0.4 is 0 Å². The van der Waals surface area contributed by atoms with Crippen LogP contribution >= 0.6 is 0 Å². The van der Waals surface area contributed by atoms with Crippen molar-refractivity contribution >= 4 is 5.97 Å². The number of hydrogen-bond acceptors (Lipinski definition) is 7. The minimum atomic E-state index is -1.57. The normalized spacial score (nSPS) is 53.8. The van der Waals surface area contributed by atoms with Crippen LogP contribution in [0.4, 0.5) is 0 Å². The van der Waals surface area contributed by atoms with Crippen LogP contribution in [-0.4, -0.2) is 63.7 Å². The molecule has 0 amide bonds. The van der Waals surface area contributed by atoms with Crippen LogP contribution in [-0.2, 0) is 14.3 Å². The highest BCUT2D eigenvalue weighted by Crippen LogP contribution is 2.72. The summed E-state index contributed by atoms with van der Waals surface area (Å²) in [6.45, 7) is 8.24. The van der Waals surface area contributed by atoms with E-state index in [2.05, 4.69) is 13.5 Å². The third kappa shape index (κ3) is 3.37. The van der Waals surface area contributed by atoms with Gasteiger partial charge in [0, 0.05) is 0 Å². The predicted octanol–water partition coefficient (Wildman–Crippen LogP) is 2.30. The van der Waals surface area contributed by atoms with Crippen molar-refractivity contribution in [1.29, 1.82) is 0 Å². The first-order valence-corrected chi connectivity index (χ1v) is 12.7. The molecule has 0 aromatic heterocycles. The summed E-state index contributed by atoms with van der Waals surface area (Å²) in [4.78, 5) is 13.6. The van der Waals surface area contributed by atoms with Gasteiger partial charge in [0.2, 0.25) is 6.29 Å². The van der Waals surface area contributed by atoms with E-state index < -0.39 is 48.7 Å². The van der Waals surface area contributed by atoms with Crippen LogP contribution in [0.5, 0.6) is 0 Å². The molecule has 5 aliphatic rings. The molecule has 2 bridgehead atoms. The Bertz CT molecular complexity index is 812. The van der Waals surface area contributed by atoms with Crippen LogP contribution in [0.2, 0.25) is 0 Å². The van der Waals surface area contributed by atoms with Crippen molar-refractivity contribution in [3.63, 3.8) is 0 Å². The molecule has 7 heteroatoms. The Morgan fingerprint density at radius 1 is 1.06 bits per heavy atom. The number of carbonyl (C=O) groups excluding carboxylic acids is 1. The molecule has 33 heavy (non-hydrogen) atoms. The van der Waals surface area contributed by atoms with Crippen molar-refractivity contribution in [2.45, 2.75) is 102 Å². The number of ether oxygens (including phenoxy) is 2. The molecule has 1 unspecified atom stereocenters. The predicted molar refractivity (Wildman–Crippen MR) is 120 cm³/mol. The Kier molecular flexibility index (Phi) is 5.77. The van der Waals surface area contributed by atoms with E-state index in [4.69, 9.17) is 9.47 Å². The molecule has 4 N–H and O–H groups in total. The molecule has 4 aliphatic carbocycles. The lowest BCUT2D eigenvalue weighted by Crippen LogP contribution is -2.61. The lowest BCUT2D eigenvalue weighted by atomic mass is 9.41. The average molecular weight is 465 g/mol. The van der Waals surface area contributed by atoms with Crippen LogP contribution in [0, 0.1) is 34.0 Å². The molecule has 5 fully saturated rings. The maximum atomic E-state index is 13.6. The first-order chi connectivity index (χ1) is 15.6. The second-order valence-corrected chi connectivity index (χ2v) is 12.2. The smallest absolute Gasteiger partial charge is 0.314 e. The lowest BCUT2D eigenvalue weighted by Gasteiger charge is -2.63. The zero-order valence-corrected chi connectivity index (χ0v) is 19.9. The first kappa shape index (κ1) is 23.7. The Morgan fingerprint density at radius 3 is 2.55 bits per heavy atom. The summed E-state index contributed by atoms with van der Waals surface area (Å²) in [5.74, 6) is 1.02. The molecule has 0 aromatic rings. The van der Waals surface area contributed by atoms with Gasteiger partial charge in [0.15, 0.2) is 0 Å². The van der Waals surface area contributed by atoms with Gasteiger partial charge in [-0.25, -0.2) is 0 Å². The maximum Gasteiger partial charge on any atom is 0.314 e. The molecule has 5 rings (SSSR count). The van der Waals surface area contributed by atoms with E-state index in [1.165, 1.54) is 24.8 Å². The fourth-order valence-electron chi connectivity index (χ4n) is 9.00. The van der Waals surface area contributed by atoms with Gasteiger partial charge in [-0.2, -0.15) is 0 Å². The molecule has 1 saturated heterocycles. The largest absolute Gasteiger partial charge is 0.432 e. The summed E-state index contributed by atoms with van der Waals surface area (Å²) < 4.78 is 11.2. The first-order valence-electron chi connectivity index (χ1n) is 12.7. The second-order valence-electron chi connectivity index (χ2n) is 12.2. The van der Waals surface area contributed by atoms with Crippen molar-refractivity contribution < 1.29 is 34.7 Å². The molecular weight excluding hydrogens is 424 g/mol. The van der Waals surface area contributed by atoms with Gasteiger partial charge < -0.3 is 29.9 Å². The minimum Gasteiger partial charge on any atom is -0.432 e. The van der Waals surface area contributed by atoms with E-state index in [0.29, 0.717) is 17.3 Å². The number of aliphatic hydroxyl groups excluding tert-OH is 4. The van der Waals surface area contributed by atoms with Crippen LogP contribution in [0.25, 0.3) is 0 Å². The SMILES string of the molecule is C=C1C[C@]23CC[C@H]4C(C)(C(=O)O[C@@H]5O[C@H](CO)[C@@H](O)[C@H](O)[C@H]5O)CCC[C@]4(C)[C@H]2CC[C@@H]1C3. The van der Waals surface area contributed by atoms with Crippen LogP contribution in [0.1, 0.15) is 71.6 Å². The van der Waals surface area contributed by atoms with E-state index >= 15 is 0 Å². The highest BCUT2D eigenvalue weighted by Gasteiger charge is 2.65. The summed E-state index contributed by atoms with van der Waals surface area (Å²) >= 11 is 0. The van der Waals surface area contributed by atoms with Gasteiger partial charge in [0.25, 0.3) is 0 Å². The van der Waals surface area contributed by atoms with Gasteiger partial charge in [-0.1, -0.05) is 25.5 Å². The van der Waals surface area contributed by atoms with Crippen LogP contribution in [0.3, 0.4) is 0 Å². The molecule has 0 aromatic carbocycles. The highest BCUT2D eigenvalue weighted by atomic mass is 16.7. The monoisotopic (exact) mass is 464 g/mol. The van der Waals surface area contributed by atoms with Gasteiger partial charge in [-0.15, -0.1) is 0 Å². The number of esters is 1. The quantitative estimate of drug-likeness (QED) is 0.374. The summed E-state index contributed by atoms with van der Waals surface area (Å²) in [5.41, 5.74) is 1.11. The average Bonchev–Trinajstić information content (AvgIpc) is 3.01. The molecule has 186 valence electrons. The van der Waals surface area contributed by atoms with Gasteiger partial charge in [0.05, 0.1) is 12.0 Å². The number of allylic oxidation sites excluding steroid dienone is 1. The maximum absolute atomic E-state index is 13.6. The fraction of sp³-hybridized carbons (Fsp3) is 0.885. The summed E-state index contributed by atoms with van der Waals surface area (Å²) in [6.07, 6.45) is 2.58. The fourth-order valence-corrected chi connectivity index (χ4v) is 9.00.